The van der Waals surface area contributed by atoms with Crippen molar-refractivity contribution in [2.75, 3.05) is 38.2 Å². The SMILES string of the molecule is COC1CCC2C(=O)C(Oc3ccc(C(=O)N4CCN(c5cccc(Cl)c5)CC4)cc3)=COC2C1. The van der Waals surface area contributed by atoms with Crippen molar-refractivity contribution in [3.63, 3.8) is 0 Å². The Kier molecular flexibility index (Phi) is 6.97. The summed E-state index contributed by atoms with van der Waals surface area (Å²) < 4.78 is 17.1. The number of hydrogen-bond donors (Lipinski definition) is 0. The van der Waals surface area contributed by atoms with Gasteiger partial charge < -0.3 is 24.0 Å². The molecule has 35 heavy (non-hydrogen) atoms. The predicted octanol–water partition coefficient (Wildman–Crippen LogP) is 4.31. The number of halogens is 1. The zero-order valence-electron chi connectivity index (χ0n) is 19.7. The summed E-state index contributed by atoms with van der Waals surface area (Å²) in [7, 11) is 1.69. The molecule has 0 aromatic heterocycles. The molecule has 2 fully saturated rings. The fraction of sp³-hybridized carbons (Fsp3) is 0.407. The van der Waals surface area contributed by atoms with E-state index in [1.165, 1.54) is 6.26 Å². The Morgan fingerprint density at radius 1 is 1.06 bits per heavy atom. The number of carbonyl (C=O) groups excluding carboxylic acids is 2. The molecule has 2 aromatic rings. The van der Waals surface area contributed by atoms with E-state index in [-0.39, 0.29) is 35.6 Å². The number of rotatable bonds is 5. The van der Waals surface area contributed by atoms with Crippen molar-refractivity contribution >= 4 is 29.0 Å². The summed E-state index contributed by atoms with van der Waals surface area (Å²) in [6.45, 7) is 2.76. The van der Waals surface area contributed by atoms with Gasteiger partial charge in [0.05, 0.1) is 12.0 Å². The van der Waals surface area contributed by atoms with Crippen LogP contribution in [0, 0.1) is 5.92 Å². The van der Waals surface area contributed by atoms with Crippen molar-refractivity contribution < 1.29 is 23.8 Å². The molecule has 3 aliphatic rings. The third kappa shape index (κ3) is 5.16. The van der Waals surface area contributed by atoms with E-state index in [2.05, 4.69) is 4.90 Å². The number of nitrogens with zero attached hydrogens (tertiary/aromatic N) is 2. The standard InChI is InChI=1S/C27H29ClN2O5/c1-33-22-9-10-23-24(16-22)34-17-25(26(23)31)35-21-7-5-18(6-8-21)27(32)30-13-11-29(12-14-30)20-4-2-3-19(28)15-20/h2-8,15,17,22-24H,9-14,16H2,1H3. The molecule has 0 spiro atoms. The van der Waals surface area contributed by atoms with Crippen LogP contribution in [0.1, 0.15) is 29.6 Å². The van der Waals surface area contributed by atoms with Crippen LogP contribution in [-0.4, -0.2) is 62.1 Å². The van der Waals surface area contributed by atoms with Crippen LogP contribution >= 0.6 is 11.6 Å². The summed E-state index contributed by atoms with van der Waals surface area (Å²) >= 11 is 6.11. The summed E-state index contributed by atoms with van der Waals surface area (Å²) in [5.41, 5.74) is 1.66. The van der Waals surface area contributed by atoms with Crippen LogP contribution in [0.2, 0.25) is 5.02 Å². The van der Waals surface area contributed by atoms with Gasteiger partial charge >= 0.3 is 0 Å². The van der Waals surface area contributed by atoms with Gasteiger partial charge in [0.25, 0.3) is 5.91 Å². The Balaban J connectivity index is 1.17. The molecule has 2 aromatic carbocycles. The first-order chi connectivity index (χ1) is 17.0. The minimum Gasteiger partial charge on any atom is -0.493 e. The zero-order valence-corrected chi connectivity index (χ0v) is 20.4. The zero-order chi connectivity index (χ0) is 24.4. The maximum absolute atomic E-state index is 13.0. The molecule has 2 aliphatic heterocycles. The van der Waals surface area contributed by atoms with Crippen molar-refractivity contribution in [3.8, 4) is 5.75 Å². The Labute approximate surface area is 210 Å². The number of anilines is 1. The van der Waals surface area contributed by atoms with Gasteiger partial charge in [-0.15, -0.1) is 0 Å². The average Bonchev–Trinajstić information content (AvgIpc) is 2.90. The van der Waals surface area contributed by atoms with Crippen molar-refractivity contribution in [3.05, 3.63) is 71.1 Å². The van der Waals surface area contributed by atoms with E-state index in [9.17, 15) is 9.59 Å². The number of amides is 1. The van der Waals surface area contributed by atoms with Gasteiger partial charge in [0.1, 0.15) is 18.1 Å². The number of allylic oxidation sites excluding steroid dienone is 1. The lowest BCUT2D eigenvalue weighted by atomic mass is 9.80. The number of ketones is 1. The number of fused-ring (bicyclic) bond motifs is 1. The summed E-state index contributed by atoms with van der Waals surface area (Å²) in [4.78, 5) is 30.0. The quantitative estimate of drug-likeness (QED) is 0.614. The van der Waals surface area contributed by atoms with Crippen LogP contribution in [0.25, 0.3) is 0 Å². The molecule has 184 valence electrons. The maximum atomic E-state index is 13.0. The molecule has 5 rings (SSSR count). The highest BCUT2D eigenvalue weighted by molar-refractivity contribution is 6.30. The number of carbonyl (C=O) groups is 2. The van der Waals surface area contributed by atoms with Crippen LogP contribution in [0.3, 0.4) is 0 Å². The number of hydrogen-bond acceptors (Lipinski definition) is 6. The number of Topliss-reactive ketones (excluding diaryl/α,β-unsaturated/α-hetero) is 1. The smallest absolute Gasteiger partial charge is 0.253 e. The van der Waals surface area contributed by atoms with E-state index in [1.54, 1.807) is 31.4 Å². The van der Waals surface area contributed by atoms with E-state index < -0.39 is 0 Å². The number of benzene rings is 2. The Bertz CT molecular complexity index is 1110. The molecule has 3 unspecified atom stereocenters. The predicted molar refractivity (Wildman–Crippen MR) is 133 cm³/mol. The van der Waals surface area contributed by atoms with E-state index in [0.717, 1.165) is 31.6 Å². The highest BCUT2D eigenvalue weighted by Gasteiger charge is 2.41. The molecule has 2 heterocycles. The molecule has 1 saturated heterocycles. The maximum Gasteiger partial charge on any atom is 0.253 e. The Morgan fingerprint density at radius 2 is 1.83 bits per heavy atom. The second kappa shape index (κ2) is 10.3. The summed E-state index contributed by atoms with van der Waals surface area (Å²) in [6.07, 6.45) is 3.66. The van der Waals surface area contributed by atoms with Crippen LogP contribution in [-0.2, 0) is 14.3 Å². The second-order valence-electron chi connectivity index (χ2n) is 9.18. The van der Waals surface area contributed by atoms with Crippen molar-refractivity contribution in [1.29, 1.82) is 0 Å². The summed E-state index contributed by atoms with van der Waals surface area (Å²) in [6, 6.07) is 14.7. The van der Waals surface area contributed by atoms with Crippen LogP contribution in [0.5, 0.6) is 5.75 Å². The molecule has 1 amide bonds. The van der Waals surface area contributed by atoms with Gasteiger partial charge in [-0.1, -0.05) is 17.7 Å². The van der Waals surface area contributed by atoms with Gasteiger partial charge in [-0.2, -0.15) is 0 Å². The van der Waals surface area contributed by atoms with Crippen molar-refractivity contribution in [1.82, 2.24) is 4.90 Å². The molecule has 0 bridgehead atoms. The van der Waals surface area contributed by atoms with Gasteiger partial charge in [0.15, 0.2) is 0 Å². The number of methoxy groups -OCH3 is 1. The van der Waals surface area contributed by atoms with Gasteiger partial charge in [-0.3, -0.25) is 9.59 Å². The third-order valence-corrected chi connectivity index (χ3v) is 7.31. The van der Waals surface area contributed by atoms with E-state index in [0.29, 0.717) is 35.8 Å². The molecular weight excluding hydrogens is 468 g/mol. The number of piperazine rings is 1. The lowest BCUT2D eigenvalue weighted by molar-refractivity contribution is -0.133. The fourth-order valence-corrected chi connectivity index (χ4v) is 5.22. The van der Waals surface area contributed by atoms with Crippen molar-refractivity contribution in [2.24, 2.45) is 5.92 Å². The molecule has 3 atom stereocenters. The monoisotopic (exact) mass is 496 g/mol. The second-order valence-corrected chi connectivity index (χ2v) is 9.62. The molecule has 1 saturated carbocycles. The van der Waals surface area contributed by atoms with Crippen LogP contribution in [0.15, 0.2) is 60.6 Å². The topological polar surface area (TPSA) is 68.3 Å². The minimum absolute atomic E-state index is 0.0173. The van der Waals surface area contributed by atoms with Crippen molar-refractivity contribution in [2.45, 2.75) is 31.5 Å². The Morgan fingerprint density at radius 3 is 2.54 bits per heavy atom. The molecule has 0 N–H and O–H groups in total. The lowest BCUT2D eigenvalue weighted by Gasteiger charge is -2.36. The molecule has 7 nitrogen and oxygen atoms in total. The van der Waals surface area contributed by atoms with Gasteiger partial charge in [-0.05, 0) is 55.3 Å². The Hall–Kier alpha value is -3.03. The molecule has 0 radical (unpaired) electrons. The molecule has 1 aliphatic carbocycles. The summed E-state index contributed by atoms with van der Waals surface area (Å²) in [5, 5.41) is 0.707. The highest BCUT2D eigenvalue weighted by atomic mass is 35.5. The van der Waals surface area contributed by atoms with Gasteiger partial charge in [0, 0.05) is 56.0 Å². The van der Waals surface area contributed by atoms with E-state index in [4.69, 9.17) is 25.8 Å². The largest absolute Gasteiger partial charge is 0.493 e. The van der Waals surface area contributed by atoms with Gasteiger partial charge in [0.2, 0.25) is 11.5 Å². The normalized spacial score (nSPS) is 24.3. The van der Waals surface area contributed by atoms with Gasteiger partial charge in [-0.25, -0.2) is 0 Å². The summed E-state index contributed by atoms with van der Waals surface area (Å²) in [5.74, 6) is 0.454. The van der Waals surface area contributed by atoms with E-state index in [1.807, 2.05) is 29.2 Å². The third-order valence-electron chi connectivity index (χ3n) is 7.08. The first kappa shape index (κ1) is 23.7. The minimum atomic E-state index is -0.201. The average molecular weight is 497 g/mol. The fourth-order valence-electron chi connectivity index (χ4n) is 5.04. The molecule has 8 heteroatoms. The van der Waals surface area contributed by atoms with E-state index >= 15 is 0 Å². The van der Waals surface area contributed by atoms with Crippen LogP contribution < -0.4 is 9.64 Å². The number of ether oxygens (including phenoxy) is 3. The first-order valence-electron chi connectivity index (χ1n) is 12.0. The lowest BCUT2D eigenvalue weighted by Crippen LogP contribution is -2.48. The van der Waals surface area contributed by atoms with Crippen LogP contribution in [0.4, 0.5) is 5.69 Å². The highest BCUT2D eigenvalue weighted by Crippen LogP contribution is 2.35. The molecular formula is C27H29ClN2O5. The first-order valence-corrected chi connectivity index (χ1v) is 12.4.